The number of carboxylic acid groups (broad SMARTS) is 1. The fraction of sp³-hybridized carbons (Fsp3) is 0.692. The number of carbonyl (C=O) groups is 4. The van der Waals surface area contributed by atoms with Crippen molar-refractivity contribution < 1.29 is 24.3 Å². The Balaban J connectivity index is 1.21. The van der Waals surface area contributed by atoms with Crippen LogP contribution in [0.15, 0.2) is 16.8 Å². The zero-order valence-corrected chi connectivity index (χ0v) is 23.9. The lowest BCUT2D eigenvalue weighted by Gasteiger charge is -2.47. The fourth-order valence-corrected chi connectivity index (χ4v) is 8.13. The number of likely N-dealkylation sites (tertiary alicyclic amines) is 1. The Morgan fingerprint density at radius 3 is 2.80 bits per heavy atom. The molecule has 40 heavy (non-hydrogen) atoms. The number of aliphatic carboxylic acids is 1. The van der Waals surface area contributed by atoms with Gasteiger partial charge in [0.2, 0.25) is 11.8 Å². The Morgan fingerprint density at radius 2 is 2.12 bits per heavy atom. The quantitative estimate of drug-likeness (QED) is 0.252. The van der Waals surface area contributed by atoms with Gasteiger partial charge in [-0.05, 0) is 25.8 Å². The summed E-state index contributed by atoms with van der Waals surface area (Å²) >= 11 is 1.47. The Morgan fingerprint density at radius 1 is 1.35 bits per heavy atom. The van der Waals surface area contributed by atoms with Gasteiger partial charge in [0.05, 0.1) is 42.5 Å². The van der Waals surface area contributed by atoms with Crippen LogP contribution in [0.3, 0.4) is 0 Å². The van der Waals surface area contributed by atoms with Gasteiger partial charge in [-0.15, -0.1) is 16.9 Å². The molecule has 3 fully saturated rings. The van der Waals surface area contributed by atoms with E-state index >= 15 is 0 Å². The molecule has 0 aliphatic carbocycles. The van der Waals surface area contributed by atoms with Crippen LogP contribution in [-0.4, -0.2) is 104 Å². The first-order chi connectivity index (χ1) is 19.1. The second-order valence-electron chi connectivity index (χ2n) is 11.3. The molecular weight excluding hydrogens is 536 g/mol. The minimum Gasteiger partial charge on any atom is -0.477 e. The maximum atomic E-state index is 13.3. The number of nitrogens with zero attached hydrogens (tertiary/aromatic N) is 5. The van der Waals surface area contributed by atoms with Crippen molar-refractivity contribution in [2.75, 3.05) is 33.2 Å². The molecule has 0 saturated carbocycles. The smallest absolute Gasteiger partial charge is 0.353 e. The number of carboxylic acids is 1. The number of rotatable bonds is 11. The first kappa shape index (κ1) is 28.7. The zero-order valence-electron chi connectivity index (χ0n) is 23.1. The number of aromatic nitrogens is 3. The fourth-order valence-electron chi connectivity index (χ4n) is 6.65. The molecule has 2 amide bonds. The number of fused-ring (bicyclic) bond motifs is 1. The highest BCUT2D eigenvalue weighted by Crippen LogP contribution is 2.53. The molecule has 5 heterocycles. The molecule has 13 nitrogen and oxygen atoms in total. The molecule has 4 aliphatic heterocycles. The first-order valence-electron chi connectivity index (χ1n) is 13.9. The highest BCUT2D eigenvalue weighted by atomic mass is 32.2. The van der Waals surface area contributed by atoms with Gasteiger partial charge in [0, 0.05) is 48.7 Å². The van der Waals surface area contributed by atoms with Crippen molar-refractivity contribution in [2.45, 2.75) is 63.0 Å². The van der Waals surface area contributed by atoms with E-state index in [1.807, 2.05) is 24.9 Å². The molecule has 2 unspecified atom stereocenters. The molecule has 0 bridgehead atoms. The lowest BCUT2D eigenvalue weighted by Crippen LogP contribution is -2.62. The van der Waals surface area contributed by atoms with Crippen LogP contribution in [0.1, 0.15) is 44.8 Å². The summed E-state index contributed by atoms with van der Waals surface area (Å²) in [6, 6.07) is -0.540. The van der Waals surface area contributed by atoms with E-state index in [-0.39, 0.29) is 77.4 Å². The average Bonchev–Trinajstić information content (AvgIpc) is 3.70. The normalized spacial score (nSPS) is 30.6. The van der Waals surface area contributed by atoms with Crippen molar-refractivity contribution in [1.29, 1.82) is 0 Å². The number of hydrogen-bond donors (Lipinski definition) is 4. The van der Waals surface area contributed by atoms with Gasteiger partial charge in [-0.2, -0.15) is 0 Å². The largest absolute Gasteiger partial charge is 0.477 e. The molecule has 218 valence electrons. The van der Waals surface area contributed by atoms with Crippen LogP contribution in [0.4, 0.5) is 0 Å². The minimum absolute atomic E-state index is 0.00320. The van der Waals surface area contributed by atoms with E-state index in [1.54, 1.807) is 11.7 Å². The van der Waals surface area contributed by atoms with Crippen LogP contribution in [0.25, 0.3) is 0 Å². The molecule has 5 rings (SSSR count). The third kappa shape index (κ3) is 5.17. The maximum Gasteiger partial charge on any atom is 0.353 e. The number of nitrogens with one attached hydrogen (secondary N) is 2. The topological polar surface area (TPSA) is 176 Å². The van der Waals surface area contributed by atoms with E-state index in [2.05, 4.69) is 20.9 Å². The monoisotopic (exact) mass is 574 g/mol. The van der Waals surface area contributed by atoms with Crippen molar-refractivity contribution in [2.24, 2.45) is 23.5 Å². The molecule has 7 atom stereocenters. The minimum atomic E-state index is -1.12. The number of nitrogens with two attached hydrogens (primary N) is 1. The van der Waals surface area contributed by atoms with Crippen LogP contribution < -0.4 is 16.4 Å². The summed E-state index contributed by atoms with van der Waals surface area (Å²) in [6.45, 7) is 6.19. The summed E-state index contributed by atoms with van der Waals surface area (Å²) < 4.78 is 1.78. The summed E-state index contributed by atoms with van der Waals surface area (Å²) in [5, 5.41) is 24.4. The van der Waals surface area contributed by atoms with Crippen molar-refractivity contribution in [3.05, 3.63) is 22.5 Å². The third-order valence-corrected chi connectivity index (χ3v) is 10.1. The van der Waals surface area contributed by atoms with Crippen LogP contribution in [0.2, 0.25) is 0 Å². The molecule has 4 aliphatic rings. The molecule has 14 heteroatoms. The number of β-lactam (4-membered cyclic amide) rings is 1. The number of Topliss-reactive ketones (excluding diaryl/α,β-unsaturated/α-hetero) is 1. The van der Waals surface area contributed by atoms with Crippen molar-refractivity contribution >= 4 is 35.3 Å². The van der Waals surface area contributed by atoms with E-state index in [9.17, 15) is 24.3 Å². The van der Waals surface area contributed by atoms with Gasteiger partial charge < -0.3 is 31.3 Å². The van der Waals surface area contributed by atoms with Crippen LogP contribution in [0, 0.1) is 17.8 Å². The molecule has 3 saturated heterocycles. The molecular formula is C26H38N8O5S. The van der Waals surface area contributed by atoms with Crippen LogP contribution >= 0.6 is 11.8 Å². The summed E-state index contributed by atoms with van der Waals surface area (Å²) in [4.78, 5) is 54.9. The van der Waals surface area contributed by atoms with Crippen molar-refractivity contribution in [3.63, 3.8) is 0 Å². The highest BCUT2D eigenvalue weighted by molar-refractivity contribution is 8.03. The first-order valence-corrected chi connectivity index (χ1v) is 14.8. The van der Waals surface area contributed by atoms with Gasteiger partial charge in [-0.1, -0.05) is 19.1 Å². The SMILES string of the molecule is CNCC(=O)C[C@H](C)[C@H]1C(=O)N2C(C(=O)O)=C(SC3CN[C@H](C(=O)N4CCC(n5cc(CN)nn5)C4)C3)[C@H](C)[C@H]12. The summed E-state index contributed by atoms with van der Waals surface area (Å²) in [5.41, 5.74) is 6.41. The molecule has 0 aromatic carbocycles. The summed E-state index contributed by atoms with van der Waals surface area (Å²) in [6.07, 6.45) is 3.47. The van der Waals surface area contributed by atoms with Gasteiger partial charge in [0.25, 0.3) is 0 Å². The van der Waals surface area contributed by atoms with Crippen LogP contribution in [-0.2, 0) is 25.7 Å². The summed E-state index contributed by atoms with van der Waals surface area (Å²) in [5.74, 6) is -1.97. The summed E-state index contributed by atoms with van der Waals surface area (Å²) in [7, 11) is 1.71. The second-order valence-corrected chi connectivity index (χ2v) is 12.7. The van der Waals surface area contributed by atoms with Gasteiger partial charge >= 0.3 is 5.97 Å². The van der Waals surface area contributed by atoms with E-state index in [0.29, 0.717) is 43.2 Å². The Hall–Kier alpha value is -2.81. The van der Waals surface area contributed by atoms with Gasteiger partial charge in [-0.3, -0.25) is 14.4 Å². The number of carbonyl (C=O) groups excluding carboxylic acids is 3. The number of thioether (sulfide) groups is 1. The number of hydrogen-bond acceptors (Lipinski definition) is 10. The lowest BCUT2D eigenvalue weighted by atomic mass is 9.73. The van der Waals surface area contributed by atoms with E-state index in [0.717, 1.165) is 6.42 Å². The molecule has 5 N–H and O–H groups in total. The van der Waals surface area contributed by atoms with E-state index in [1.165, 1.54) is 16.7 Å². The Bertz CT molecular complexity index is 1220. The number of amides is 2. The van der Waals surface area contributed by atoms with Gasteiger partial charge in [0.15, 0.2) is 0 Å². The third-order valence-electron chi connectivity index (χ3n) is 8.63. The van der Waals surface area contributed by atoms with Crippen LogP contribution in [0.5, 0.6) is 0 Å². The second kappa shape index (κ2) is 11.6. The molecule has 1 aromatic rings. The number of ketones is 1. The lowest BCUT2D eigenvalue weighted by molar-refractivity contribution is -0.160. The van der Waals surface area contributed by atoms with Gasteiger partial charge in [-0.25, -0.2) is 9.48 Å². The number of likely N-dealkylation sites (N-methyl/N-ethyl adjacent to an activating group) is 1. The Kier molecular flexibility index (Phi) is 8.32. The predicted molar refractivity (Wildman–Crippen MR) is 147 cm³/mol. The highest BCUT2D eigenvalue weighted by Gasteiger charge is 2.60. The molecule has 0 spiro atoms. The average molecular weight is 575 g/mol. The van der Waals surface area contributed by atoms with E-state index < -0.39 is 5.97 Å². The maximum absolute atomic E-state index is 13.3. The predicted octanol–water partition coefficient (Wildman–Crippen LogP) is -0.438. The standard InChI is InChI=1S/C26H38N8O5S/c1-13(6-17(35)9-28-3)20-21-14(2)23(22(26(38)39)34(21)25(20)37)40-18-7-19(29-10-18)24(36)32-5-4-16(12-32)33-11-15(8-27)30-31-33/h11,13-14,16,18-21,28-29H,4-10,12,27H2,1-3H3,(H,38,39)/t13-,14+,16?,18?,19-,20+,21+/m0/s1. The van der Waals surface area contributed by atoms with Gasteiger partial charge in [0.1, 0.15) is 11.5 Å². The molecule has 1 aromatic heterocycles. The molecule has 0 radical (unpaired) electrons. The van der Waals surface area contributed by atoms with Crippen molar-refractivity contribution in [3.8, 4) is 0 Å². The Labute approximate surface area is 237 Å². The van der Waals surface area contributed by atoms with Crippen molar-refractivity contribution in [1.82, 2.24) is 35.4 Å². The zero-order chi connectivity index (χ0) is 28.7. The van der Waals surface area contributed by atoms with E-state index in [4.69, 9.17) is 5.73 Å².